The fourth-order valence-electron chi connectivity index (χ4n) is 4.83. The second kappa shape index (κ2) is 11.8. The van der Waals surface area contributed by atoms with E-state index in [0.29, 0.717) is 17.3 Å². The van der Waals surface area contributed by atoms with Crippen molar-refractivity contribution in [2.45, 2.75) is 80.6 Å². The van der Waals surface area contributed by atoms with Gasteiger partial charge in [0.05, 0.1) is 0 Å². The molecule has 1 aliphatic rings. The zero-order valence-corrected chi connectivity index (χ0v) is 22.8. The van der Waals surface area contributed by atoms with Gasteiger partial charge in [-0.3, -0.25) is 0 Å². The lowest BCUT2D eigenvalue weighted by atomic mass is 9.69. The van der Waals surface area contributed by atoms with Crippen molar-refractivity contribution in [1.82, 2.24) is 0 Å². The third-order valence-corrected chi connectivity index (χ3v) is 8.25. The summed E-state index contributed by atoms with van der Waals surface area (Å²) < 4.78 is 0. The first kappa shape index (κ1) is 27.8. The van der Waals surface area contributed by atoms with Gasteiger partial charge in [0.1, 0.15) is 0 Å². The summed E-state index contributed by atoms with van der Waals surface area (Å²) in [5, 5.41) is 8.13. The fourth-order valence-corrected chi connectivity index (χ4v) is 4.83. The molecule has 1 aliphatic carbocycles. The van der Waals surface area contributed by atoms with Gasteiger partial charge in [0.15, 0.2) is 0 Å². The highest BCUT2D eigenvalue weighted by atomic mass is 14.4. The van der Waals surface area contributed by atoms with Crippen molar-refractivity contribution < 1.29 is 0 Å². The van der Waals surface area contributed by atoms with E-state index in [1.54, 1.807) is 6.08 Å². The van der Waals surface area contributed by atoms with Gasteiger partial charge in [-0.1, -0.05) is 110 Å². The number of benzene rings is 1. The molecular weight excluding hydrogens is 410 g/mol. The number of rotatable bonds is 8. The normalized spacial score (nSPS) is 19.9. The Morgan fingerprint density at radius 2 is 1.85 bits per heavy atom. The Morgan fingerprint density at radius 3 is 2.44 bits per heavy atom. The highest BCUT2D eigenvalue weighted by Gasteiger charge is 2.30. The first-order valence-corrected chi connectivity index (χ1v) is 13.0. The topological polar surface area (TPSA) is 23.9 Å². The Kier molecular flexibility index (Phi) is 9.68. The van der Waals surface area contributed by atoms with Crippen LogP contribution in [0.4, 0.5) is 0 Å². The molecule has 0 amide bonds. The molecule has 1 aromatic rings. The van der Waals surface area contributed by atoms with Crippen molar-refractivity contribution in [3.63, 3.8) is 0 Å². The van der Waals surface area contributed by atoms with Gasteiger partial charge in [-0.25, -0.2) is 0 Å². The van der Waals surface area contributed by atoms with E-state index in [1.165, 1.54) is 40.5 Å². The second-order valence-electron chi connectivity index (χ2n) is 11.7. The zero-order chi connectivity index (χ0) is 25.5. The number of allylic oxidation sites excluding steroid dienone is 8. The van der Waals surface area contributed by atoms with Crippen molar-refractivity contribution in [2.24, 2.45) is 22.7 Å². The van der Waals surface area contributed by atoms with Gasteiger partial charge in [-0.05, 0) is 88.2 Å². The number of hydrogen-bond acceptors (Lipinski definition) is 1. The molecule has 2 rings (SSSR count). The Labute approximate surface area is 210 Å². The predicted molar refractivity (Wildman–Crippen MR) is 154 cm³/mol. The molecule has 184 valence electrons. The maximum Gasteiger partial charge on any atom is 0.0256 e. The summed E-state index contributed by atoms with van der Waals surface area (Å²) >= 11 is 0. The van der Waals surface area contributed by atoms with Crippen molar-refractivity contribution in [2.75, 3.05) is 0 Å². The molecule has 1 atom stereocenters. The average Bonchev–Trinajstić information content (AvgIpc) is 2.76. The van der Waals surface area contributed by atoms with Crippen molar-refractivity contribution in [3.8, 4) is 0 Å². The summed E-state index contributed by atoms with van der Waals surface area (Å²) in [4.78, 5) is 0. The molecule has 0 radical (unpaired) electrons. The Bertz CT molecular complexity index is 978. The van der Waals surface area contributed by atoms with Crippen LogP contribution in [0.1, 0.15) is 90.0 Å². The van der Waals surface area contributed by atoms with E-state index in [1.807, 2.05) is 12.2 Å². The van der Waals surface area contributed by atoms with Crippen LogP contribution in [-0.2, 0) is 12.8 Å². The van der Waals surface area contributed by atoms with Crippen LogP contribution in [0.5, 0.6) is 0 Å². The van der Waals surface area contributed by atoms with Gasteiger partial charge in [-0.15, -0.1) is 0 Å². The highest BCUT2D eigenvalue weighted by Crippen LogP contribution is 2.39. The Hall–Kier alpha value is -2.41. The maximum atomic E-state index is 8.13. The first-order chi connectivity index (χ1) is 16.0. The van der Waals surface area contributed by atoms with Crippen molar-refractivity contribution in [1.29, 1.82) is 5.41 Å². The van der Waals surface area contributed by atoms with Crippen LogP contribution >= 0.6 is 0 Å². The van der Waals surface area contributed by atoms with Gasteiger partial charge in [0, 0.05) is 6.21 Å². The van der Waals surface area contributed by atoms with E-state index < -0.39 is 0 Å². The Morgan fingerprint density at radius 1 is 1.15 bits per heavy atom. The van der Waals surface area contributed by atoms with Crippen LogP contribution < -0.4 is 0 Å². The largest absolute Gasteiger partial charge is 0.308 e. The van der Waals surface area contributed by atoms with Gasteiger partial charge in [-0.2, -0.15) is 0 Å². The highest BCUT2D eigenvalue weighted by molar-refractivity contribution is 6.09. The smallest absolute Gasteiger partial charge is 0.0256 e. The van der Waals surface area contributed by atoms with Crippen LogP contribution in [0, 0.1) is 28.1 Å². The van der Waals surface area contributed by atoms with Gasteiger partial charge in [0.2, 0.25) is 0 Å². The molecule has 0 saturated carbocycles. The minimum Gasteiger partial charge on any atom is -0.308 e. The van der Waals surface area contributed by atoms with Crippen molar-refractivity contribution >= 4 is 17.4 Å². The van der Waals surface area contributed by atoms with Crippen LogP contribution in [-0.4, -0.2) is 6.21 Å². The first-order valence-electron chi connectivity index (χ1n) is 13.0. The molecule has 1 nitrogen and oxygen atoms in total. The minimum atomic E-state index is 0.217. The molecule has 1 heteroatoms. The molecule has 0 aliphatic heterocycles. The molecule has 1 unspecified atom stereocenters. The monoisotopic (exact) mass is 457 g/mol. The number of nitrogens with one attached hydrogen (secondary N) is 1. The molecule has 0 saturated heterocycles. The van der Waals surface area contributed by atoms with Crippen molar-refractivity contribution in [3.05, 3.63) is 84.0 Å². The summed E-state index contributed by atoms with van der Waals surface area (Å²) in [5.41, 5.74) is 7.86. The molecule has 0 heterocycles. The number of fused-ring (bicyclic) bond motifs is 1. The second-order valence-corrected chi connectivity index (χ2v) is 11.7. The van der Waals surface area contributed by atoms with Gasteiger partial charge in [0.25, 0.3) is 0 Å². The summed E-state index contributed by atoms with van der Waals surface area (Å²) in [6.45, 7) is 24.4. The predicted octanol–water partition coefficient (Wildman–Crippen LogP) is 9.64. The van der Waals surface area contributed by atoms with E-state index in [2.05, 4.69) is 92.0 Å². The van der Waals surface area contributed by atoms with Crippen LogP contribution in [0.25, 0.3) is 11.1 Å². The van der Waals surface area contributed by atoms with Crippen LogP contribution in [0.3, 0.4) is 0 Å². The lowest BCUT2D eigenvalue weighted by Gasteiger charge is -2.36. The van der Waals surface area contributed by atoms with E-state index >= 15 is 0 Å². The zero-order valence-electron chi connectivity index (χ0n) is 22.8. The lowest BCUT2D eigenvalue weighted by molar-refractivity contribution is 0.151. The van der Waals surface area contributed by atoms with Crippen LogP contribution in [0.2, 0.25) is 0 Å². The molecular formula is C33H47N. The van der Waals surface area contributed by atoms with Crippen LogP contribution in [0.15, 0.2) is 61.7 Å². The molecule has 0 spiro atoms. The Balaban J connectivity index is 2.75. The maximum absolute atomic E-state index is 8.13. The molecule has 34 heavy (non-hydrogen) atoms. The third-order valence-electron chi connectivity index (χ3n) is 8.25. The molecule has 0 bridgehead atoms. The third kappa shape index (κ3) is 6.81. The molecule has 1 N–H and O–H groups in total. The summed E-state index contributed by atoms with van der Waals surface area (Å²) in [7, 11) is 0. The quantitative estimate of drug-likeness (QED) is 0.297. The number of aryl methyl sites for hydroxylation is 1. The minimum absolute atomic E-state index is 0.217. The van der Waals surface area contributed by atoms with E-state index in [4.69, 9.17) is 5.41 Å². The summed E-state index contributed by atoms with van der Waals surface area (Å²) in [6.07, 6.45) is 19.4. The molecule has 0 fully saturated rings. The SMILES string of the molecule is C=C/C=C(\C=N)c1cc2c(cc1CC(C)C(C)(C)C(C)C)C(=C/C=C)/C=C\CC(C)(C)CCC2. The number of hydrogen-bond donors (Lipinski definition) is 1. The van der Waals surface area contributed by atoms with E-state index in [-0.39, 0.29) is 5.41 Å². The summed E-state index contributed by atoms with van der Waals surface area (Å²) in [5.74, 6) is 1.10. The lowest BCUT2D eigenvalue weighted by Crippen LogP contribution is -2.29. The van der Waals surface area contributed by atoms with E-state index in [9.17, 15) is 0 Å². The van der Waals surface area contributed by atoms with E-state index in [0.717, 1.165) is 31.3 Å². The standard InChI is InChI=1S/C33H47N/c1-10-14-26-16-12-18-32(6,7)19-13-17-27-21-31(28(23-34)15-11-2)29(22-30(26)27)20-25(5)33(8,9)24(3)4/h10-12,14-16,21-25,34H,1-2,13,17-20H2,3-9H3/b16-12-,26-14+,28-15+,34-23?. The average molecular weight is 458 g/mol. The van der Waals surface area contributed by atoms with Gasteiger partial charge < -0.3 is 5.41 Å². The molecule has 1 aromatic carbocycles. The fraction of sp³-hybridized carbons (Fsp3) is 0.485. The van der Waals surface area contributed by atoms with Gasteiger partial charge >= 0.3 is 0 Å². The summed E-state index contributed by atoms with van der Waals surface area (Å²) in [6, 6.07) is 4.77. The molecule has 0 aromatic heterocycles.